The van der Waals surface area contributed by atoms with Gasteiger partial charge in [-0.25, -0.2) is 24.2 Å². The molecule has 0 bridgehead atoms. The first-order valence-corrected chi connectivity index (χ1v) is 12.5. The molecule has 0 unspecified atom stereocenters. The smallest absolute Gasteiger partial charge is 0.320 e. The highest BCUT2D eigenvalue weighted by molar-refractivity contribution is 9.10. The Kier molecular flexibility index (Phi) is 10.4. The minimum atomic E-state index is -3.55. The Bertz CT molecular complexity index is 1050. The molecule has 0 radical (unpaired) electrons. The number of amidine groups is 1. The summed E-state index contributed by atoms with van der Waals surface area (Å²) in [5.41, 5.74) is 1.88. The molecule has 0 aliphatic rings. The van der Waals surface area contributed by atoms with E-state index >= 15 is 0 Å². The summed E-state index contributed by atoms with van der Waals surface area (Å²) in [6, 6.07) is 3.90. The monoisotopic (exact) mass is 568 g/mol. The van der Waals surface area contributed by atoms with E-state index in [1.54, 1.807) is 0 Å². The van der Waals surface area contributed by atoms with E-state index in [4.69, 9.17) is 4.63 Å². The van der Waals surface area contributed by atoms with E-state index in [0.717, 1.165) is 11.8 Å². The third-order valence-electron chi connectivity index (χ3n) is 3.73. The largest absolute Gasteiger partial charge is 0.468 e. The molecule has 0 aliphatic carbocycles. The number of nitrogens with one attached hydrogen (secondary N) is 3. The number of thioether (sulfide) groups is 1. The molecule has 2 aromatic rings. The first-order chi connectivity index (χ1) is 15.7. The van der Waals surface area contributed by atoms with E-state index in [0.29, 0.717) is 0 Å². The fourth-order valence-corrected chi connectivity index (χ4v) is 5.61. The van der Waals surface area contributed by atoms with Gasteiger partial charge in [0.1, 0.15) is 18.9 Å². The van der Waals surface area contributed by atoms with Crippen LogP contribution in [-0.4, -0.2) is 66.1 Å². The molecule has 0 saturated heterocycles. The van der Waals surface area contributed by atoms with Crippen LogP contribution in [0.4, 0.5) is 10.1 Å². The molecule has 0 saturated carbocycles. The second kappa shape index (κ2) is 12.8. The summed E-state index contributed by atoms with van der Waals surface area (Å²) in [7, 11) is -1.21. The number of aliphatic imine (C=N–C) groups is 1. The predicted molar refractivity (Wildman–Crippen MR) is 118 cm³/mol. The van der Waals surface area contributed by atoms with Gasteiger partial charge < -0.3 is 9.47 Å². The minimum Gasteiger partial charge on any atom is -0.468 e. The van der Waals surface area contributed by atoms with E-state index in [1.165, 1.54) is 32.4 Å². The number of carbonyl (C=O) groups excluding carboxylic acids is 2. The summed E-state index contributed by atoms with van der Waals surface area (Å²) in [6.07, 6.45) is 0. The standard InChI is InChI=1S/C16H19BrFN6O7PS/c1-29-12(25)6-19-32(28,20-7-13(26)30-2)8-33-16-14(23-31-24-16)15(22-27)21-9-3-4-11(18)10(17)5-9/h3-5,27H,6-8H2,1-2H3,(H,21,22)(H2,19,20,28). The lowest BCUT2D eigenvalue weighted by molar-refractivity contribution is -0.139. The number of hydroxylamine groups is 1. The summed E-state index contributed by atoms with van der Waals surface area (Å²) in [6.45, 7) is -0.784. The van der Waals surface area contributed by atoms with Crippen LogP contribution in [0, 0.1) is 5.82 Å². The van der Waals surface area contributed by atoms with Gasteiger partial charge in [0.25, 0.3) is 0 Å². The quantitative estimate of drug-likeness (QED) is 0.0770. The van der Waals surface area contributed by atoms with Crippen molar-refractivity contribution in [1.82, 2.24) is 26.0 Å². The zero-order chi connectivity index (χ0) is 24.4. The van der Waals surface area contributed by atoms with E-state index in [1.807, 2.05) is 5.48 Å². The second-order valence-corrected chi connectivity index (χ2v) is 10.6. The van der Waals surface area contributed by atoms with Gasteiger partial charge in [0.05, 0.1) is 29.9 Å². The average molecular weight is 569 g/mol. The second-order valence-electron chi connectivity index (χ2n) is 5.92. The number of benzene rings is 1. The lowest BCUT2D eigenvalue weighted by atomic mass is 10.3. The third kappa shape index (κ3) is 8.17. The molecular weight excluding hydrogens is 550 g/mol. The van der Waals surface area contributed by atoms with Crippen LogP contribution in [0.25, 0.3) is 0 Å². The highest BCUT2D eigenvalue weighted by Gasteiger charge is 2.27. The number of aromatic nitrogens is 2. The van der Waals surface area contributed by atoms with Crippen molar-refractivity contribution in [3.8, 4) is 0 Å². The molecule has 0 spiro atoms. The molecule has 1 aromatic carbocycles. The topological polar surface area (TPSA) is 177 Å². The number of nitrogens with zero attached hydrogens (tertiary/aromatic N) is 3. The van der Waals surface area contributed by atoms with Gasteiger partial charge in [0.2, 0.25) is 7.44 Å². The summed E-state index contributed by atoms with van der Waals surface area (Å²) in [5, 5.41) is 22.0. The number of carbonyl (C=O) groups is 2. The van der Waals surface area contributed by atoms with Crippen molar-refractivity contribution in [2.75, 3.05) is 32.8 Å². The Morgan fingerprint density at radius 3 is 2.42 bits per heavy atom. The van der Waals surface area contributed by atoms with Gasteiger partial charge in [-0.3, -0.25) is 24.8 Å². The van der Waals surface area contributed by atoms with Crippen molar-refractivity contribution in [2.45, 2.75) is 5.03 Å². The highest BCUT2D eigenvalue weighted by atomic mass is 79.9. The molecule has 0 aliphatic heterocycles. The molecule has 180 valence electrons. The molecule has 0 amide bonds. The summed E-state index contributed by atoms with van der Waals surface area (Å²) in [5.74, 6) is -2.03. The van der Waals surface area contributed by atoms with Crippen LogP contribution >= 0.6 is 35.1 Å². The highest BCUT2D eigenvalue weighted by Crippen LogP contribution is 2.42. The molecule has 13 nitrogen and oxygen atoms in total. The molecular formula is C16H19BrFN6O7PS. The fourth-order valence-electron chi connectivity index (χ4n) is 2.06. The zero-order valence-electron chi connectivity index (χ0n) is 17.2. The van der Waals surface area contributed by atoms with Gasteiger partial charge in [0.15, 0.2) is 16.6 Å². The number of methoxy groups -OCH3 is 2. The van der Waals surface area contributed by atoms with E-state index < -0.39 is 38.3 Å². The van der Waals surface area contributed by atoms with Crippen LogP contribution in [-0.2, 0) is 23.6 Å². The predicted octanol–water partition coefficient (Wildman–Crippen LogP) is 1.80. The Hall–Kier alpha value is -2.36. The Morgan fingerprint density at radius 2 is 1.88 bits per heavy atom. The number of halogens is 2. The van der Waals surface area contributed by atoms with Crippen molar-refractivity contribution in [3.05, 3.63) is 34.2 Å². The molecule has 1 heterocycles. The summed E-state index contributed by atoms with van der Waals surface area (Å²) < 4.78 is 40.5. The lowest BCUT2D eigenvalue weighted by Crippen LogP contribution is -2.32. The van der Waals surface area contributed by atoms with E-state index in [-0.39, 0.29) is 32.2 Å². The van der Waals surface area contributed by atoms with Gasteiger partial charge in [0, 0.05) is 0 Å². The lowest BCUT2D eigenvalue weighted by Gasteiger charge is -2.19. The van der Waals surface area contributed by atoms with Crippen molar-refractivity contribution in [2.24, 2.45) is 4.99 Å². The number of hydrogen-bond acceptors (Lipinski definition) is 11. The summed E-state index contributed by atoms with van der Waals surface area (Å²) in [4.78, 5) is 27.0. The summed E-state index contributed by atoms with van der Waals surface area (Å²) >= 11 is 3.92. The van der Waals surface area contributed by atoms with Crippen molar-refractivity contribution < 1.29 is 37.9 Å². The molecule has 17 heteroatoms. The fraction of sp³-hybridized carbons (Fsp3) is 0.312. The molecule has 4 N–H and O–H groups in total. The molecule has 2 rings (SSSR count). The average Bonchev–Trinajstić information content (AvgIpc) is 3.29. The molecule has 33 heavy (non-hydrogen) atoms. The number of esters is 2. The zero-order valence-corrected chi connectivity index (χ0v) is 20.5. The van der Waals surface area contributed by atoms with Gasteiger partial charge in [-0.05, 0) is 44.4 Å². The first-order valence-electron chi connectivity index (χ1n) is 8.84. The van der Waals surface area contributed by atoms with Crippen LogP contribution in [0.15, 0.2) is 37.3 Å². The normalized spacial score (nSPS) is 11.8. The van der Waals surface area contributed by atoms with Gasteiger partial charge in [-0.2, -0.15) is 0 Å². The number of rotatable bonds is 11. The SMILES string of the molecule is COC(=O)CNP(=O)(CSc1nonc1C(=Nc1ccc(F)c(Br)c1)NO)NCC(=O)OC. The number of hydrogen-bond donors (Lipinski definition) is 4. The van der Waals surface area contributed by atoms with Crippen LogP contribution in [0.3, 0.4) is 0 Å². The maximum atomic E-state index is 13.4. The number of ether oxygens (including phenoxy) is 2. The van der Waals surface area contributed by atoms with Crippen LogP contribution in [0.5, 0.6) is 0 Å². The van der Waals surface area contributed by atoms with E-state index in [2.05, 4.69) is 50.9 Å². The van der Waals surface area contributed by atoms with Crippen LogP contribution in [0.2, 0.25) is 0 Å². The maximum Gasteiger partial charge on any atom is 0.320 e. The van der Waals surface area contributed by atoms with E-state index in [9.17, 15) is 23.8 Å². The van der Waals surface area contributed by atoms with Crippen molar-refractivity contribution >= 4 is 58.6 Å². The molecule has 0 fully saturated rings. The molecule has 1 aromatic heterocycles. The van der Waals surface area contributed by atoms with Crippen molar-refractivity contribution in [1.29, 1.82) is 0 Å². The minimum absolute atomic E-state index is 0.0320. The van der Waals surface area contributed by atoms with Crippen molar-refractivity contribution in [3.63, 3.8) is 0 Å². The van der Waals surface area contributed by atoms with Crippen LogP contribution < -0.4 is 15.7 Å². The first kappa shape index (κ1) is 26.9. The van der Waals surface area contributed by atoms with Gasteiger partial charge >= 0.3 is 11.9 Å². The van der Waals surface area contributed by atoms with Crippen LogP contribution in [0.1, 0.15) is 5.69 Å². The van der Waals surface area contributed by atoms with Gasteiger partial charge in [-0.1, -0.05) is 11.8 Å². The molecule has 0 atom stereocenters. The van der Waals surface area contributed by atoms with Gasteiger partial charge in [-0.15, -0.1) is 0 Å². The Labute approximate surface area is 199 Å². The maximum absolute atomic E-state index is 13.4. The third-order valence-corrected chi connectivity index (χ3v) is 8.19. The Balaban J connectivity index is 2.21. The Morgan fingerprint density at radius 1 is 1.24 bits per heavy atom.